The van der Waals surface area contributed by atoms with Gasteiger partial charge in [-0.3, -0.25) is 20.4 Å². The maximum atomic E-state index is 12.1. The van der Waals surface area contributed by atoms with Crippen LogP contribution in [-0.4, -0.2) is 26.0 Å². The number of hydrogen-bond acceptors (Lipinski definition) is 4. The zero-order chi connectivity index (χ0) is 18.4. The fraction of sp³-hybridized carbons (Fsp3) is 0.176. The van der Waals surface area contributed by atoms with Gasteiger partial charge >= 0.3 is 0 Å². The minimum absolute atomic E-state index is 0.0648. The Kier molecular flexibility index (Phi) is 6.50. The summed E-state index contributed by atoms with van der Waals surface area (Å²) >= 11 is 12.0. The number of halogens is 2. The Balaban J connectivity index is 1.99. The first-order valence-corrected chi connectivity index (χ1v) is 7.96. The number of benzene rings is 2. The van der Waals surface area contributed by atoms with Crippen LogP contribution in [-0.2, 0) is 11.2 Å². The van der Waals surface area contributed by atoms with E-state index in [2.05, 4.69) is 10.9 Å². The molecule has 2 N–H and O–H groups in total. The van der Waals surface area contributed by atoms with E-state index >= 15 is 0 Å². The third-order valence-corrected chi connectivity index (χ3v) is 4.07. The van der Waals surface area contributed by atoms with Crippen molar-refractivity contribution in [2.75, 3.05) is 14.2 Å². The lowest BCUT2D eigenvalue weighted by Gasteiger charge is -2.11. The molecule has 6 nitrogen and oxygen atoms in total. The molecule has 25 heavy (non-hydrogen) atoms. The minimum atomic E-state index is -0.500. The second kappa shape index (κ2) is 8.60. The van der Waals surface area contributed by atoms with Gasteiger partial charge in [-0.2, -0.15) is 0 Å². The van der Waals surface area contributed by atoms with Crippen molar-refractivity contribution in [2.45, 2.75) is 6.42 Å². The molecule has 0 spiro atoms. The lowest BCUT2D eigenvalue weighted by Crippen LogP contribution is -2.42. The largest absolute Gasteiger partial charge is 0.493 e. The molecule has 0 aliphatic carbocycles. The highest BCUT2D eigenvalue weighted by atomic mass is 35.5. The van der Waals surface area contributed by atoms with E-state index in [1.807, 2.05) is 0 Å². The Morgan fingerprint density at radius 2 is 1.60 bits per heavy atom. The average Bonchev–Trinajstić information content (AvgIpc) is 2.62. The van der Waals surface area contributed by atoms with E-state index in [1.54, 1.807) is 30.3 Å². The molecule has 2 aromatic rings. The smallest absolute Gasteiger partial charge is 0.269 e. The zero-order valence-corrected chi connectivity index (χ0v) is 15.1. The quantitative estimate of drug-likeness (QED) is 0.779. The van der Waals surface area contributed by atoms with Gasteiger partial charge in [-0.1, -0.05) is 29.3 Å². The van der Waals surface area contributed by atoms with Gasteiger partial charge in [0.1, 0.15) is 0 Å². The van der Waals surface area contributed by atoms with Crippen molar-refractivity contribution >= 4 is 35.0 Å². The predicted molar refractivity (Wildman–Crippen MR) is 95.3 cm³/mol. The topological polar surface area (TPSA) is 76.7 Å². The van der Waals surface area contributed by atoms with Crippen LogP contribution in [0.5, 0.6) is 11.5 Å². The van der Waals surface area contributed by atoms with Gasteiger partial charge < -0.3 is 9.47 Å². The van der Waals surface area contributed by atoms with E-state index in [9.17, 15) is 9.59 Å². The van der Waals surface area contributed by atoms with E-state index in [4.69, 9.17) is 32.7 Å². The van der Waals surface area contributed by atoms with Gasteiger partial charge in [0.15, 0.2) is 11.5 Å². The van der Waals surface area contributed by atoms with Crippen LogP contribution in [0.4, 0.5) is 0 Å². The van der Waals surface area contributed by atoms with Gasteiger partial charge in [-0.15, -0.1) is 0 Å². The molecular weight excluding hydrogens is 367 g/mol. The van der Waals surface area contributed by atoms with Crippen molar-refractivity contribution in [3.8, 4) is 11.5 Å². The van der Waals surface area contributed by atoms with Crippen molar-refractivity contribution in [1.82, 2.24) is 10.9 Å². The van der Waals surface area contributed by atoms with E-state index < -0.39 is 11.8 Å². The summed E-state index contributed by atoms with van der Waals surface area (Å²) in [6.07, 6.45) is -0.0648. The molecule has 0 aliphatic rings. The molecule has 0 saturated heterocycles. The third-order valence-electron chi connectivity index (χ3n) is 3.36. The molecule has 8 heteroatoms. The van der Waals surface area contributed by atoms with Crippen molar-refractivity contribution in [1.29, 1.82) is 0 Å². The van der Waals surface area contributed by atoms with Crippen LogP contribution in [0.3, 0.4) is 0 Å². The van der Waals surface area contributed by atoms with E-state index in [1.165, 1.54) is 20.3 Å². The molecule has 0 aromatic heterocycles. The summed E-state index contributed by atoms with van der Waals surface area (Å²) in [5.74, 6) is -0.0517. The monoisotopic (exact) mass is 382 g/mol. The molecule has 132 valence electrons. The second-order valence-corrected chi connectivity index (χ2v) is 5.76. The zero-order valence-electron chi connectivity index (χ0n) is 13.6. The van der Waals surface area contributed by atoms with Crippen LogP contribution in [0, 0.1) is 0 Å². The van der Waals surface area contributed by atoms with Crippen molar-refractivity contribution in [3.05, 3.63) is 57.6 Å². The Labute approximate surface area is 155 Å². The summed E-state index contributed by atoms with van der Waals surface area (Å²) in [6.45, 7) is 0. The third kappa shape index (κ3) is 4.78. The van der Waals surface area contributed by atoms with Crippen molar-refractivity contribution in [3.63, 3.8) is 0 Å². The van der Waals surface area contributed by atoms with Crippen LogP contribution >= 0.6 is 23.2 Å². The van der Waals surface area contributed by atoms with Crippen LogP contribution in [0.1, 0.15) is 15.9 Å². The number of methoxy groups -OCH3 is 2. The van der Waals surface area contributed by atoms with Crippen LogP contribution in [0.25, 0.3) is 0 Å². The molecule has 0 atom stereocenters. The van der Waals surface area contributed by atoms with Crippen LogP contribution in [0.15, 0.2) is 36.4 Å². The van der Waals surface area contributed by atoms with Gasteiger partial charge in [0.2, 0.25) is 5.91 Å². The Morgan fingerprint density at radius 1 is 0.960 bits per heavy atom. The highest BCUT2D eigenvalue weighted by Crippen LogP contribution is 2.27. The fourth-order valence-electron chi connectivity index (χ4n) is 2.08. The summed E-state index contributed by atoms with van der Waals surface area (Å²) in [5, 5.41) is 0.766. The highest BCUT2D eigenvalue weighted by molar-refractivity contribution is 6.36. The molecule has 0 bridgehead atoms. The average molecular weight is 383 g/mol. The number of carbonyl (C=O) groups excluding carboxylic acids is 2. The summed E-state index contributed by atoms with van der Waals surface area (Å²) in [6, 6.07) is 9.61. The van der Waals surface area contributed by atoms with Crippen LogP contribution < -0.4 is 20.3 Å². The number of hydrogen-bond donors (Lipinski definition) is 2. The molecule has 2 rings (SSSR count). The highest BCUT2D eigenvalue weighted by Gasteiger charge is 2.14. The van der Waals surface area contributed by atoms with E-state index in [0.29, 0.717) is 32.7 Å². The summed E-state index contributed by atoms with van der Waals surface area (Å²) in [7, 11) is 2.96. The number of amides is 2. The first-order chi connectivity index (χ1) is 12.0. The molecule has 0 fully saturated rings. The fourth-order valence-corrected chi connectivity index (χ4v) is 2.61. The maximum absolute atomic E-state index is 12.1. The van der Waals surface area contributed by atoms with Crippen molar-refractivity contribution in [2.24, 2.45) is 0 Å². The van der Waals surface area contributed by atoms with Gasteiger partial charge in [-0.05, 0) is 35.9 Å². The second-order valence-electron chi connectivity index (χ2n) is 4.95. The van der Waals surface area contributed by atoms with E-state index in [0.717, 1.165) is 0 Å². The van der Waals surface area contributed by atoms with Crippen molar-refractivity contribution < 1.29 is 19.1 Å². The Bertz CT molecular complexity index is 776. The normalized spacial score (nSPS) is 10.1. The summed E-state index contributed by atoms with van der Waals surface area (Å²) in [5.41, 5.74) is 5.44. The Morgan fingerprint density at radius 3 is 2.20 bits per heavy atom. The SMILES string of the molecule is COc1ccc(C(=O)NNC(=O)Cc2c(Cl)cccc2Cl)cc1OC. The molecular formula is C17H16Cl2N2O4. The summed E-state index contributed by atoms with van der Waals surface area (Å²) < 4.78 is 10.2. The van der Waals surface area contributed by atoms with Gasteiger partial charge in [0.05, 0.1) is 20.6 Å². The molecule has 0 heterocycles. The predicted octanol–water partition coefficient (Wildman–Crippen LogP) is 3.01. The molecule has 0 aliphatic heterocycles. The Hall–Kier alpha value is -2.44. The molecule has 0 radical (unpaired) electrons. The minimum Gasteiger partial charge on any atom is -0.493 e. The standard InChI is InChI=1S/C17H16Cl2N2O4/c1-24-14-7-6-10(8-15(14)25-2)17(23)21-20-16(22)9-11-12(18)4-3-5-13(11)19/h3-8H,9H2,1-2H3,(H,20,22)(H,21,23). The lowest BCUT2D eigenvalue weighted by molar-refractivity contribution is -0.121. The molecule has 2 amide bonds. The number of nitrogens with one attached hydrogen (secondary N) is 2. The first-order valence-electron chi connectivity index (χ1n) is 7.20. The number of carbonyl (C=O) groups is 2. The van der Waals surface area contributed by atoms with Gasteiger partial charge in [0.25, 0.3) is 5.91 Å². The summed E-state index contributed by atoms with van der Waals surface area (Å²) in [4.78, 5) is 24.1. The van der Waals surface area contributed by atoms with Gasteiger partial charge in [0, 0.05) is 15.6 Å². The van der Waals surface area contributed by atoms with E-state index in [-0.39, 0.29) is 6.42 Å². The number of hydrazine groups is 1. The number of ether oxygens (including phenoxy) is 2. The first kappa shape index (κ1) is 18.9. The lowest BCUT2D eigenvalue weighted by atomic mass is 10.1. The molecule has 2 aromatic carbocycles. The molecule has 0 unspecified atom stereocenters. The number of rotatable bonds is 5. The van der Waals surface area contributed by atoms with Gasteiger partial charge in [-0.25, -0.2) is 0 Å². The van der Waals surface area contributed by atoms with Crippen LogP contribution in [0.2, 0.25) is 10.0 Å². The maximum Gasteiger partial charge on any atom is 0.269 e. The molecule has 0 saturated carbocycles.